The van der Waals surface area contributed by atoms with Crippen LogP contribution in [-0.4, -0.2) is 17.2 Å². The molecule has 1 heterocycles. The van der Waals surface area contributed by atoms with Crippen LogP contribution < -0.4 is 5.32 Å². The zero-order valence-corrected chi connectivity index (χ0v) is 9.84. The van der Waals surface area contributed by atoms with Crippen LogP contribution in [0.15, 0.2) is 4.52 Å². The van der Waals surface area contributed by atoms with Crippen molar-refractivity contribution in [3.8, 4) is 0 Å². The zero-order valence-electron chi connectivity index (χ0n) is 9.84. The fraction of sp³-hybridized carbons (Fsp3) is 0.750. The van der Waals surface area contributed by atoms with Crippen LogP contribution in [0, 0.1) is 13.8 Å². The third-order valence-corrected chi connectivity index (χ3v) is 3.32. The summed E-state index contributed by atoms with van der Waals surface area (Å²) < 4.78 is 5.16. The molecule has 1 aliphatic rings. The summed E-state index contributed by atoms with van der Waals surface area (Å²) in [5.74, 6) is 0.967. The van der Waals surface area contributed by atoms with Crippen molar-refractivity contribution in [2.75, 3.05) is 0 Å². The predicted octanol–water partition coefficient (Wildman–Crippen LogP) is 2.36. The maximum absolute atomic E-state index is 5.16. The molecule has 0 aliphatic heterocycles. The van der Waals surface area contributed by atoms with Crippen LogP contribution in [0.1, 0.15) is 43.2 Å². The number of nitrogens with one attached hydrogen (secondary N) is 1. The summed E-state index contributed by atoms with van der Waals surface area (Å²) in [4.78, 5) is 0. The molecule has 1 unspecified atom stereocenters. The zero-order chi connectivity index (χ0) is 10.8. The van der Waals surface area contributed by atoms with E-state index >= 15 is 0 Å². The van der Waals surface area contributed by atoms with Gasteiger partial charge >= 0.3 is 0 Å². The van der Waals surface area contributed by atoms with E-state index in [9.17, 15) is 0 Å². The van der Waals surface area contributed by atoms with E-state index in [0.29, 0.717) is 6.04 Å². The summed E-state index contributed by atoms with van der Waals surface area (Å²) in [5, 5.41) is 7.62. The fourth-order valence-corrected chi connectivity index (χ4v) is 2.14. The van der Waals surface area contributed by atoms with Crippen molar-refractivity contribution in [3.05, 3.63) is 17.0 Å². The minimum absolute atomic E-state index is 0.520. The van der Waals surface area contributed by atoms with E-state index in [2.05, 4.69) is 17.4 Å². The molecule has 0 radical (unpaired) electrons. The summed E-state index contributed by atoms with van der Waals surface area (Å²) in [6.45, 7) is 6.25. The molecule has 1 N–H and O–H groups in total. The van der Waals surface area contributed by atoms with Crippen molar-refractivity contribution in [1.82, 2.24) is 10.5 Å². The van der Waals surface area contributed by atoms with E-state index in [0.717, 1.165) is 23.9 Å². The van der Waals surface area contributed by atoms with Crippen molar-refractivity contribution >= 4 is 0 Å². The lowest BCUT2D eigenvalue weighted by Crippen LogP contribution is -2.41. The van der Waals surface area contributed by atoms with Crippen molar-refractivity contribution < 1.29 is 4.52 Å². The summed E-state index contributed by atoms with van der Waals surface area (Å²) in [5.41, 5.74) is 2.31. The van der Waals surface area contributed by atoms with Crippen LogP contribution in [0.4, 0.5) is 0 Å². The molecule has 1 aromatic rings. The smallest absolute Gasteiger partial charge is 0.137 e. The second kappa shape index (κ2) is 4.35. The van der Waals surface area contributed by atoms with Crippen LogP contribution in [0.25, 0.3) is 0 Å². The average molecular weight is 208 g/mol. The lowest BCUT2D eigenvalue weighted by atomic mass is 9.92. The van der Waals surface area contributed by atoms with E-state index in [1.807, 2.05) is 13.8 Å². The first kappa shape index (κ1) is 10.7. The third kappa shape index (κ3) is 2.40. The van der Waals surface area contributed by atoms with Crippen LogP contribution in [0.2, 0.25) is 0 Å². The molecular formula is C12H20N2O. The van der Waals surface area contributed by atoms with Crippen LogP contribution >= 0.6 is 0 Å². The molecule has 1 saturated carbocycles. The Balaban J connectivity index is 1.89. The minimum Gasteiger partial charge on any atom is -0.361 e. The SMILES string of the molecule is Cc1noc(C)c1CC(C)NC1CCC1. The van der Waals surface area contributed by atoms with Crippen molar-refractivity contribution in [1.29, 1.82) is 0 Å². The van der Waals surface area contributed by atoms with Crippen LogP contribution in [-0.2, 0) is 6.42 Å². The first-order valence-corrected chi connectivity index (χ1v) is 5.84. The molecule has 3 heteroatoms. The van der Waals surface area contributed by atoms with E-state index in [-0.39, 0.29) is 0 Å². The van der Waals surface area contributed by atoms with Gasteiger partial charge in [-0.25, -0.2) is 0 Å². The van der Waals surface area contributed by atoms with Crippen LogP contribution in [0.5, 0.6) is 0 Å². The minimum atomic E-state index is 0.520. The van der Waals surface area contributed by atoms with Crippen molar-refractivity contribution in [3.63, 3.8) is 0 Å². The molecule has 3 nitrogen and oxygen atoms in total. The van der Waals surface area contributed by atoms with Gasteiger partial charge in [0.15, 0.2) is 0 Å². The van der Waals surface area contributed by atoms with Crippen molar-refractivity contribution in [2.45, 2.75) is 58.5 Å². The number of hydrogen-bond donors (Lipinski definition) is 1. The molecule has 1 aliphatic carbocycles. The summed E-state index contributed by atoms with van der Waals surface area (Å²) in [6, 6.07) is 1.27. The lowest BCUT2D eigenvalue weighted by Gasteiger charge is -2.30. The summed E-state index contributed by atoms with van der Waals surface area (Å²) >= 11 is 0. The van der Waals surface area contributed by atoms with E-state index in [4.69, 9.17) is 4.52 Å². The highest BCUT2D eigenvalue weighted by molar-refractivity contribution is 5.21. The largest absolute Gasteiger partial charge is 0.361 e. The lowest BCUT2D eigenvalue weighted by molar-refractivity contribution is 0.309. The topological polar surface area (TPSA) is 38.1 Å². The Labute approximate surface area is 91.2 Å². The molecule has 0 spiro atoms. The van der Waals surface area contributed by atoms with Gasteiger partial charge in [-0.3, -0.25) is 0 Å². The standard InChI is InChI=1S/C12H20N2O/c1-8(13-11-5-4-6-11)7-12-9(2)14-15-10(12)3/h8,11,13H,4-7H2,1-3H3. The number of nitrogens with zero attached hydrogens (tertiary/aromatic N) is 1. The monoisotopic (exact) mass is 208 g/mol. The van der Waals surface area contributed by atoms with Gasteiger partial charge in [-0.05, 0) is 40.0 Å². The molecule has 0 bridgehead atoms. The molecule has 15 heavy (non-hydrogen) atoms. The van der Waals surface area contributed by atoms with Gasteiger partial charge in [0, 0.05) is 17.6 Å². The van der Waals surface area contributed by atoms with Gasteiger partial charge < -0.3 is 9.84 Å². The molecule has 1 fully saturated rings. The van der Waals surface area contributed by atoms with E-state index < -0.39 is 0 Å². The highest BCUT2D eigenvalue weighted by Crippen LogP contribution is 2.20. The average Bonchev–Trinajstić information content (AvgIpc) is 2.43. The number of aromatic nitrogens is 1. The Kier molecular flexibility index (Phi) is 3.10. The van der Waals surface area contributed by atoms with Crippen LogP contribution in [0.3, 0.4) is 0 Å². The third-order valence-electron chi connectivity index (χ3n) is 3.32. The second-order valence-electron chi connectivity index (χ2n) is 4.70. The van der Waals surface area contributed by atoms with E-state index in [1.165, 1.54) is 24.8 Å². The maximum Gasteiger partial charge on any atom is 0.137 e. The number of rotatable bonds is 4. The molecule has 0 saturated heterocycles. The number of aryl methyl sites for hydroxylation is 2. The Morgan fingerprint density at radius 1 is 1.47 bits per heavy atom. The molecule has 0 aromatic carbocycles. The van der Waals surface area contributed by atoms with Gasteiger partial charge in [0.05, 0.1) is 5.69 Å². The van der Waals surface area contributed by atoms with Gasteiger partial charge in [-0.2, -0.15) is 0 Å². The van der Waals surface area contributed by atoms with Gasteiger partial charge in [0.1, 0.15) is 5.76 Å². The van der Waals surface area contributed by atoms with Gasteiger partial charge in [-0.15, -0.1) is 0 Å². The molecule has 2 rings (SSSR count). The quantitative estimate of drug-likeness (QED) is 0.825. The molecule has 1 aromatic heterocycles. The Morgan fingerprint density at radius 2 is 2.20 bits per heavy atom. The number of hydrogen-bond acceptors (Lipinski definition) is 3. The summed E-state index contributed by atoms with van der Waals surface area (Å²) in [7, 11) is 0. The van der Waals surface area contributed by atoms with Gasteiger partial charge in [-0.1, -0.05) is 11.6 Å². The normalized spacial score (nSPS) is 18.9. The fourth-order valence-electron chi connectivity index (χ4n) is 2.14. The maximum atomic E-state index is 5.16. The van der Waals surface area contributed by atoms with E-state index in [1.54, 1.807) is 0 Å². The van der Waals surface area contributed by atoms with Gasteiger partial charge in [0.2, 0.25) is 0 Å². The van der Waals surface area contributed by atoms with Gasteiger partial charge in [0.25, 0.3) is 0 Å². The van der Waals surface area contributed by atoms with Crippen molar-refractivity contribution in [2.24, 2.45) is 0 Å². The Morgan fingerprint density at radius 3 is 2.67 bits per heavy atom. The Hall–Kier alpha value is -0.830. The molecular weight excluding hydrogens is 188 g/mol. The Bertz CT molecular complexity index is 309. The highest BCUT2D eigenvalue weighted by atomic mass is 16.5. The first-order valence-electron chi connectivity index (χ1n) is 5.84. The first-order chi connectivity index (χ1) is 7.16. The molecule has 1 atom stereocenters. The highest BCUT2D eigenvalue weighted by Gasteiger charge is 2.20. The summed E-state index contributed by atoms with van der Waals surface area (Å²) in [6.07, 6.45) is 5.09. The molecule has 84 valence electrons. The predicted molar refractivity (Wildman–Crippen MR) is 59.9 cm³/mol. The second-order valence-corrected chi connectivity index (χ2v) is 4.70. The molecule has 0 amide bonds.